The van der Waals surface area contributed by atoms with Crippen LogP contribution in [0.15, 0.2) is 0 Å². The summed E-state index contributed by atoms with van der Waals surface area (Å²) in [7, 11) is 0. The second-order valence-corrected chi connectivity index (χ2v) is 2.94. The standard InChI is InChI=1S/C6H15NS.ClH/c1-5(2)3-6(7)4-8;/h5-6,8H,3-4,7H2,1-2H3;1H/t6-;/m1./s1. The SMILES string of the molecule is CC(C)C[C@@H](N)CS.Cl. The van der Waals surface area contributed by atoms with E-state index in [-0.39, 0.29) is 12.4 Å². The van der Waals surface area contributed by atoms with Gasteiger partial charge in [0, 0.05) is 11.8 Å². The minimum Gasteiger partial charge on any atom is -0.327 e. The Balaban J connectivity index is 0. The van der Waals surface area contributed by atoms with Gasteiger partial charge in [-0.3, -0.25) is 0 Å². The van der Waals surface area contributed by atoms with Crippen LogP contribution >= 0.6 is 25.0 Å². The molecule has 9 heavy (non-hydrogen) atoms. The summed E-state index contributed by atoms with van der Waals surface area (Å²) < 4.78 is 0. The Kier molecular flexibility index (Phi) is 9.17. The number of rotatable bonds is 3. The van der Waals surface area contributed by atoms with Crippen molar-refractivity contribution in [3.63, 3.8) is 0 Å². The smallest absolute Gasteiger partial charge is 0.0130 e. The Bertz CT molecular complexity index is 59.0. The highest BCUT2D eigenvalue weighted by atomic mass is 35.5. The summed E-state index contributed by atoms with van der Waals surface area (Å²) in [5.74, 6) is 1.51. The van der Waals surface area contributed by atoms with Gasteiger partial charge < -0.3 is 5.73 Å². The third kappa shape index (κ3) is 8.60. The van der Waals surface area contributed by atoms with E-state index in [1.54, 1.807) is 0 Å². The van der Waals surface area contributed by atoms with Crippen molar-refractivity contribution in [1.29, 1.82) is 0 Å². The van der Waals surface area contributed by atoms with Crippen molar-refractivity contribution in [3.8, 4) is 0 Å². The fraction of sp³-hybridized carbons (Fsp3) is 1.00. The van der Waals surface area contributed by atoms with Gasteiger partial charge >= 0.3 is 0 Å². The molecule has 0 spiro atoms. The van der Waals surface area contributed by atoms with Gasteiger partial charge in [0.25, 0.3) is 0 Å². The van der Waals surface area contributed by atoms with Crippen LogP contribution in [0.25, 0.3) is 0 Å². The molecule has 0 aromatic heterocycles. The molecule has 2 N–H and O–H groups in total. The van der Waals surface area contributed by atoms with Crippen LogP contribution < -0.4 is 5.73 Å². The zero-order valence-electron chi connectivity index (χ0n) is 6.00. The second kappa shape index (κ2) is 6.72. The van der Waals surface area contributed by atoms with Crippen LogP contribution in [0.5, 0.6) is 0 Å². The molecular formula is C6H16ClNS. The first-order valence-corrected chi connectivity index (χ1v) is 3.66. The molecule has 0 aromatic carbocycles. The minimum absolute atomic E-state index is 0. The summed E-state index contributed by atoms with van der Waals surface area (Å²) in [6.45, 7) is 4.34. The first kappa shape index (κ1) is 12.3. The van der Waals surface area contributed by atoms with Gasteiger partial charge in [-0.2, -0.15) is 12.6 Å². The summed E-state index contributed by atoms with van der Waals surface area (Å²) in [5, 5.41) is 0. The molecule has 0 fully saturated rings. The first-order chi connectivity index (χ1) is 3.66. The van der Waals surface area contributed by atoms with E-state index in [0.717, 1.165) is 12.2 Å². The average molecular weight is 170 g/mol. The van der Waals surface area contributed by atoms with Crippen molar-refractivity contribution in [2.45, 2.75) is 26.3 Å². The molecule has 0 unspecified atom stereocenters. The van der Waals surface area contributed by atoms with Gasteiger partial charge in [-0.25, -0.2) is 0 Å². The number of hydrogen-bond donors (Lipinski definition) is 2. The molecule has 0 radical (unpaired) electrons. The highest BCUT2D eigenvalue weighted by molar-refractivity contribution is 7.80. The van der Waals surface area contributed by atoms with Gasteiger partial charge in [0.2, 0.25) is 0 Å². The van der Waals surface area contributed by atoms with E-state index in [2.05, 4.69) is 26.5 Å². The number of thiol groups is 1. The minimum atomic E-state index is 0. The first-order valence-electron chi connectivity index (χ1n) is 3.03. The molecule has 0 heterocycles. The molecule has 1 nitrogen and oxygen atoms in total. The molecule has 0 aliphatic rings. The zero-order valence-corrected chi connectivity index (χ0v) is 7.71. The monoisotopic (exact) mass is 169 g/mol. The zero-order chi connectivity index (χ0) is 6.57. The van der Waals surface area contributed by atoms with Gasteiger partial charge in [0.1, 0.15) is 0 Å². The average Bonchev–Trinajstić information content (AvgIpc) is 1.65. The van der Waals surface area contributed by atoms with Gasteiger partial charge in [-0.05, 0) is 12.3 Å². The van der Waals surface area contributed by atoms with E-state index in [9.17, 15) is 0 Å². The number of nitrogens with two attached hydrogens (primary N) is 1. The maximum absolute atomic E-state index is 5.60. The summed E-state index contributed by atoms with van der Waals surface area (Å²) >= 11 is 4.07. The van der Waals surface area contributed by atoms with Crippen molar-refractivity contribution in [1.82, 2.24) is 0 Å². The molecule has 0 saturated heterocycles. The molecule has 0 bridgehead atoms. The molecule has 58 valence electrons. The van der Waals surface area contributed by atoms with E-state index in [1.165, 1.54) is 0 Å². The predicted molar refractivity (Wildman–Crippen MR) is 48.5 cm³/mol. The van der Waals surface area contributed by atoms with Crippen molar-refractivity contribution >= 4 is 25.0 Å². The summed E-state index contributed by atoms with van der Waals surface area (Å²) in [4.78, 5) is 0. The number of halogens is 1. The Labute approximate surface area is 69.2 Å². The van der Waals surface area contributed by atoms with Crippen LogP contribution in [0.2, 0.25) is 0 Å². The van der Waals surface area contributed by atoms with Gasteiger partial charge in [-0.15, -0.1) is 12.4 Å². The number of hydrogen-bond acceptors (Lipinski definition) is 2. The van der Waals surface area contributed by atoms with Crippen LogP contribution in [0, 0.1) is 5.92 Å². The van der Waals surface area contributed by atoms with Crippen LogP contribution in [0.3, 0.4) is 0 Å². The molecule has 0 rings (SSSR count). The van der Waals surface area contributed by atoms with Crippen molar-refractivity contribution < 1.29 is 0 Å². The molecule has 0 aromatic rings. The Morgan fingerprint density at radius 2 is 1.89 bits per heavy atom. The lowest BCUT2D eigenvalue weighted by molar-refractivity contribution is 0.525. The molecular weight excluding hydrogens is 154 g/mol. The Morgan fingerprint density at radius 3 is 2.00 bits per heavy atom. The Hall–Kier alpha value is 0.600. The van der Waals surface area contributed by atoms with Crippen molar-refractivity contribution in [2.24, 2.45) is 11.7 Å². The van der Waals surface area contributed by atoms with E-state index in [0.29, 0.717) is 12.0 Å². The van der Waals surface area contributed by atoms with Gasteiger partial charge in [0.15, 0.2) is 0 Å². The Morgan fingerprint density at radius 1 is 1.44 bits per heavy atom. The summed E-state index contributed by atoms with van der Waals surface area (Å²) in [5.41, 5.74) is 5.60. The third-order valence-electron chi connectivity index (χ3n) is 1.01. The lowest BCUT2D eigenvalue weighted by Gasteiger charge is -2.09. The lowest BCUT2D eigenvalue weighted by Crippen LogP contribution is -2.23. The van der Waals surface area contributed by atoms with Crippen LogP contribution in [-0.2, 0) is 0 Å². The van der Waals surface area contributed by atoms with Crippen molar-refractivity contribution in [2.75, 3.05) is 5.75 Å². The van der Waals surface area contributed by atoms with E-state index in [4.69, 9.17) is 5.73 Å². The summed E-state index contributed by atoms with van der Waals surface area (Å²) in [6.07, 6.45) is 1.09. The third-order valence-corrected chi connectivity index (χ3v) is 1.48. The van der Waals surface area contributed by atoms with E-state index in [1.807, 2.05) is 0 Å². The predicted octanol–water partition coefficient (Wildman–Crippen LogP) is 1.71. The van der Waals surface area contributed by atoms with E-state index >= 15 is 0 Å². The summed E-state index contributed by atoms with van der Waals surface area (Å²) in [6, 6.07) is 0.290. The van der Waals surface area contributed by atoms with Gasteiger partial charge in [-0.1, -0.05) is 13.8 Å². The molecule has 0 aliphatic carbocycles. The van der Waals surface area contributed by atoms with Crippen LogP contribution in [0.4, 0.5) is 0 Å². The molecule has 0 saturated carbocycles. The molecule has 3 heteroatoms. The largest absolute Gasteiger partial charge is 0.327 e. The molecule has 0 aliphatic heterocycles. The lowest BCUT2D eigenvalue weighted by atomic mass is 10.1. The quantitative estimate of drug-likeness (QED) is 0.619. The highest BCUT2D eigenvalue weighted by Gasteiger charge is 2.00. The second-order valence-electron chi connectivity index (χ2n) is 2.57. The van der Waals surface area contributed by atoms with Crippen LogP contribution in [0.1, 0.15) is 20.3 Å². The fourth-order valence-electron chi connectivity index (χ4n) is 0.680. The molecule has 1 atom stereocenters. The fourth-order valence-corrected chi connectivity index (χ4v) is 0.829. The molecule has 0 amide bonds. The maximum Gasteiger partial charge on any atom is 0.0130 e. The van der Waals surface area contributed by atoms with Crippen molar-refractivity contribution in [3.05, 3.63) is 0 Å². The van der Waals surface area contributed by atoms with Crippen LogP contribution in [-0.4, -0.2) is 11.8 Å². The van der Waals surface area contributed by atoms with Gasteiger partial charge in [0.05, 0.1) is 0 Å². The normalized spacial score (nSPS) is 13.0. The van der Waals surface area contributed by atoms with E-state index < -0.39 is 0 Å². The highest BCUT2D eigenvalue weighted by Crippen LogP contribution is 2.02. The topological polar surface area (TPSA) is 26.0 Å². The maximum atomic E-state index is 5.60.